The average molecular weight is 209 g/mol. The zero-order valence-corrected chi connectivity index (χ0v) is 8.92. The van der Waals surface area contributed by atoms with E-state index in [1.54, 1.807) is 13.2 Å². The lowest BCUT2D eigenvalue weighted by atomic mass is 9.82. The molecule has 0 unspecified atom stereocenters. The largest absolute Gasteiger partial charge is 0.496 e. The number of hydrogen-bond donors (Lipinski definition) is 1. The molecule has 1 aromatic rings. The molecule has 0 bridgehead atoms. The molecule has 15 heavy (non-hydrogen) atoms. The van der Waals surface area contributed by atoms with Gasteiger partial charge in [0.2, 0.25) is 0 Å². The van der Waals surface area contributed by atoms with E-state index in [9.17, 15) is 4.39 Å². The minimum absolute atomic E-state index is 0.138. The molecule has 0 saturated heterocycles. The van der Waals surface area contributed by atoms with Crippen molar-refractivity contribution < 1.29 is 9.13 Å². The van der Waals surface area contributed by atoms with Gasteiger partial charge in [-0.2, -0.15) is 0 Å². The van der Waals surface area contributed by atoms with Crippen LogP contribution in [0, 0.1) is 5.82 Å². The number of hydrogen-bond acceptors (Lipinski definition) is 2. The maximum atomic E-state index is 13.7. The van der Waals surface area contributed by atoms with Crippen molar-refractivity contribution in [2.45, 2.75) is 25.2 Å². The van der Waals surface area contributed by atoms with Crippen LogP contribution in [-0.4, -0.2) is 13.7 Å². The standard InChI is InChI=1S/C12H16FNO/c1-15-11-6-5-10(13)12-8(7-14)3-2-4-9(11)12/h5-6,8H,2-4,7,14H2,1H3/t8-/m0/s1. The Kier molecular flexibility index (Phi) is 2.91. The van der Waals surface area contributed by atoms with Crippen molar-refractivity contribution in [3.8, 4) is 5.75 Å². The fourth-order valence-electron chi connectivity index (χ4n) is 2.41. The molecule has 1 aromatic carbocycles. The van der Waals surface area contributed by atoms with E-state index < -0.39 is 0 Å². The molecular weight excluding hydrogens is 193 g/mol. The summed E-state index contributed by atoms with van der Waals surface area (Å²) in [4.78, 5) is 0. The molecular formula is C12H16FNO. The van der Waals surface area contributed by atoms with Crippen molar-refractivity contribution in [2.24, 2.45) is 5.73 Å². The number of ether oxygens (including phenoxy) is 1. The van der Waals surface area contributed by atoms with Gasteiger partial charge in [0, 0.05) is 5.56 Å². The number of nitrogens with two attached hydrogens (primary N) is 1. The van der Waals surface area contributed by atoms with E-state index in [4.69, 9.17) is 10.5 Å². The molecule has 0 aromatic heterocycles. The van der Waals surface area contributed by atoms with E-state index in [1.165, 1.54) is 6.07 Å². The molecule has 1 aliphatic carbocycles. The Labute approximate surface area is 89.2 Å². The van der Waals surface area contributed by atoms with E-state index in [2.05, 4.69) is 0 Å². The SMILES string of the molecule is COc1ccc(F)c2c1CCC[C@H]2CN. The van der Waals surface area contributed by atoms with Crippen LogP contribution in [0.3, 0.4) is 0 Å². The number of benzene rings is 1. The predicted molar refractivity (Wildman–Crippen MR) is 57.7 cm³/mol. The first kappa shape index (κ1) is 10.4. The van der Waals surface area contributed by atoms with Crippen LogP contribution in [0.5, 0.6) is 5.75 Å². The summed E-state index contributed by atoms with van der Waals surface area (Å²) in [6.45, 7) is 0.511. The normalized spacial score (nSPS) is 19.8. The quantitative estimate of drug-likeness (QED) is 0.810. The Morgan fingerprint density at radius 3 is 3.00 bits per heavy atom. The van der Waals surface area contributed by atoms with E-state index >= 15 is 0 Å². The van der Waals surface area contributed by atoms with Crippen molar-refractivity contribution in [1.82, 2.24) is 0 Å². The summed E-state index contributed by atoms with van der Waals surface area (Å²) in [6.07, 6.45) is 2.94. The van der Waals surface area contributed by atoms with E-state index in [-0.39, 0.29) is 11.7 Å². The first-order chi connectivity index (χ1) is 7.27. The fraction of sp³-hybridized carbons (Fsp3) is 0.500. The Hall–Kier alpha value is -1.09. The molecule has 82 valence electrons. The Bertz CT molecular complexity index is 365. The summed E-state index contributed by atoms with van der Waals surface area (Å²) < 4.78 is 19.0. The van der Waals surface area contributed by atoms with Crippen molar-refractivity contribution >= 4 is 0 Å². The molecule has 0 fully saturated rings. The summed E-state index contributed by atoms with van der Waals surface area (Å²) >= 11 is 0. The van der Waals surface area contributed by atoms with Crippen LogP contribution >= 0.6 is 0 Å². The molecule has 2 N–H and O–H groups in total. The monoisotopic (exact) mass is 209 g/mol. The summed E-state index contributed by atoms with van der Waals surface area (Å²) in [6, 6.07) is 3.18. The summed E-state index contributed by atoms with van der Waals surface area (Å²) in [5, 5.41) is 0. The number of rotatable bonds is 2. The Balaban J connectivity index is 2.53. The van der Waals surface area contributed by atoms with Crippen LogP contribution in [0.4, 0.5) is 4.39 Å². The third-order valence-electron chi connectivity index (χ3n) is 3.15. The van der Waals surface area contributed by atoms with Gasteiger partial charge in [0.25, 0.3) is 0 Å². The molecule has 0 aliphatic heterocycles. The first-order valence-electron chi connectivity index (χ1n) is 5.33. The van der Waals surface area contributed by atoms with Crippen molar-refractivity contribution in [3.63, 3.8) is 0 Å². The molecule has 0 amide bonds. The summed E-state index contributed by atoms with van der Waals surface area (Å²) in [5.41, 5.74) is 7.46. The third-order valence-corrected chi connectivity index (χ3v) is 3.15. The van der Waals surface area contributed by atoms with Gasteiger partial charge in [-0.1, -0.05) is 0 Å². The number of methoxy groups -OCH3 is 1. The zero-order chi connectivity index (χ0) is 10.8. The Morgan fingerprint density at radius 1 is 1.53 bits per heavy atom. The average Bonchev–Trinajstić information content (AvgIpc) is 2.29. The lowest BCUT2D eigenvalue weighted by molar-refractivity contribution is 0.399. The van der Waals surface area contributed by atoms with Gasteiger partial charge in [0.15, 0.2) is 0 Å². The van der Waals surface area contributed by atoms with E-state index in [1.807, 2.05) is 0 Å². The van der Waals surface area contributed by atoms with Crippen LogP contribution in [0.25, 0.3) is 0 Å². The molecule has 0 heterocycles. The lowest BCUT2D eigenvalue weighted by Gasteiger charge is -2.26. The number of halogens is 1. The smallest absolute Gasteiger partial charge is 0.127 e. The van der Waals surface area contributed by atoms with Crippen LogP contribution in [0.1, 0.15) is 29.9 Å². The Morgan fingerprint density at radius 2 is 2.33 bits per heavy atom. The molecule has 0 saturated carbocycles. The molecule has 0 radical (unpaired) electrons. The second kappa shape index (κ2) is 4.19. The van der Waals surface area contributed by atoms with Gasteiger partial charge in [0.05, 0.1) is 7.11 Å². The van der Waals surface area contributed by atoms with Crippen LogP contribution in [-0.2, 0) is 6.42 Å². The van der Waals surface area contributed by atoms with Crippen LogP contribution in [0.15, 0.2) is 12.1 Å². The third kappa shape index (κ3) is 1.72. The van der Waals surface area contributed by atoms with Crippen LogP contribution < -0.4 is 10.5 Å². The minimum atomic E-state index is -0.138. The molecule has 2 rings (SSSR count). The second-order valence-corrected chi connectivity index (χ2v) is 3.97. The van der Waals surface area contributed by atoms with Crippen molar-refractivity contribution in [3.05, 3.63) is 29.1 Å². The van der Waals surface area contributed by atoms with Gasteiger partial charge < -0.3 is 10.5 Å². The topological polar surface area (TPSA) is 35.2 Å². The van der Waals surface area contributed by atoms with Gasteiger partial charge >= 0.3 is 0 Å². The maximum Gasteiger partial charge on any atom is 0.127 e. The first-order valence-corrected chi connectivity index (χ1v) is 5.33. The molecule has 2 nitrogen and oxygen atoms in total. The van der Waals surface area contributed by atoms with Gasteiger partial charge in [-0.3, -0.25) is 0 Å². The van der Waals surface area contributed by atoms with Gasteiger partial charge in [-0.05, 0) is 49.4 Å². The maximum absolute atomic E-state index is 13.7. The highest BCUT2D eigenvalue weighted by Gasteiger charge is 2.25. The highest BCUT2D eigenvalue weighted by Crippen LogP contribution is 2.37. The minimum Gasteiger partial charge on any atom is -0.496 e. The zero-order valence-electron chi connectivity index (χ0n) is 8.92. The summed E-state index contributed by atoms with van der Waals surface area (Å²) in [7, 11) is 1.62. The predicted octanol–water partition coefficient (Wildman–Crippen LogP) is 2.21. The van der Waals surface area contributed by atoms with E-state index in [0.717, 1.165) is 36.1 Å². The summed E-state index contributed by atoms with van der Waals surface area (Å²) in [5.74, 6) is 0.814. The molecule has 1 aliphatic rings. The van der Waals surface area contributed by atoms with Crippen LogP contribution in [0.2, 0.25) is 0 Å². The molecule has 0 spiro atoms. The van der Waals surface area contributed by atoms with Crippen molar-refractivity contribution in [1.29, 1.82) is 0 Å². The van der Waals surface area contributed by atoms with Gasteiger partial charge in [0.1, 0.15) is 11.6 Å². The van der Waals surface area contributed by atoms with E-state index in [0.29, 0.717) is 6.54 Å². The fourth-order valence-corrected chi connectivity index (χ4v) is 2.41. The van der Waals surface area contributed by atoms with Gasteiger partial charge in [-0.25, -0.2) is 4.39 Å². The van der Waals surface area contributed by atoms with Gasteiger partial charge in [-0.15, -0.1) is 0 Å². The second-order valence-electron chi connectivity index (χ2n) is 3.97. The molecule has 3 heteroatoms. The highest BCUT2D eigenvalue weighted by atomic mass is 19.1. The number of fused-ring (bicyclic) bond motifs is 1. The highest BCUT2D eigenvalue weighted by molar-refractivity contribution is 5.44. The molecule has 1 atom stereocenters. The lowest BCUT2D eigenvalue weighted by Crippen LogP contribution is -2.20. The van der Waals surface area contributed by atoms with Crippen molar-refractivity contribution in [2.75, 3.05) is 13.7 Å².